The molecule has 0 aliphatic heterocycles. The maximum Gasteiger partial charge on any atom is 0.244 e. The van der Waals surface area contributed by atoms with E-state index in [1.807, 2.05) is 77.4 Å². The summed E-state index contributed by atoms with van der Waals surface area (Å²) in [6.45, 7) is 2.23. The van der Waals surface area contributed by atoms with Gasteiger partial charge in [-0.2, -0.15) is 0 Å². The van der Waals surface area contributed by atoms with Gasteiger partial charge in [-0.3, -0.25) is 9.59 Å². The summed E-state index contributed by atoms with van der Waals surface area (Å²) in [5.74, 6) is -0.127. The van der Waals surface area contributed by atoms with Crippen LogP contribution in [-0.4, -0.2) is 10.5 Å². The first-order valence-corrected chi connectivity index (χ1v) is 9.06. The summed E-state index contributed by atoms with van der Waals surface area (Å²) in [6, 6.07) is 22.7. The van der Waals surface area contributed by atoms with Gasteiger partial charge in [0.15, 0.2) is 5.43 Å². The molecular formula is C23H20N2O2. The molecule has 4 rings (SSSR count). The van der Waals surface area contributed by atoms with Crippen molar-refractivity contribution in [3.05, 3.63) is 88.6 Å². The molecule has 0 spiro atoms. The maximum absolute atomic E-state index is 12.8. The van der Waals surface area contributed by atoms with Crippen LogP contribution < -0.4 is 10.7 Å². The van der Waals surface area contributed by atoms with Crippen LogP contribution in [0.1, 0.15) is 12.5 Å². The number of nitrogens with one attached hydrogen (secondary N) is 1. The van der Waals surface area contributed by atoms with Gasteiger partial charge in [-0.05, 0) is 48.4 Å². The zero-order chi connectivity index (χ0) is 18.8. The number of rotatable bonds is 4. The number of carbonyl (C=O) groups excluding carboxylic acids is 1. The first-order valence-electron chi connectivity index (χ1n) is 9.06. The Morgan fingerprint density at radius 3 is 1.96 bits per heavy atom. The summed E-state index contributed by atoms with van der Waals surface area (Å²) in [7, 11) is 0. The molecule has 0 radical (unpaired) electrons. The lowest BCUT2D eigenvalue weighted by Crippen LogP contribution is -2.21. The first kappa shape index (κ1) is 17.0. The highest BCUT2D eigenvalue weighted by molar-refractivity contribution is 5.97. The van der Waals surface area contributed by atoms with Gasteiger partial charge in [-0.15, -0.1) is 0 Å². The van der Waals surface area contributed by atoms with Gasteiger partial charge in [-0.25, -0.2) is 0 Å². The quantitative estimate of drug-likeness (QED) is 0.553. The number of nitrogens with zero attached hydrogens (tertiary/aromatic N) is 1. The normalized spacial score (nSPS) is 11.0. The van der Waals surface area contributed by atoms with Crippen LogP contribution in [0.5, 0.6) is 0 Å². The van der Waals surface area contributed by atoms with Gasteiger partial charge in [0.05, 0.1) is 11.0 Å². The summed E-state index contributed by atoms with van der Waals surface area (Å²) in [4.78, 5) is 25.5. The Balaban J connectivity index is 1.74. The molecule has 3 aromatic carbocycles. The van der Waals surface area contributed by atoms with Crippen molar-refractivity contribution in [2.24, 2.45) is 0 Å². The molecule has 0 atom stereocenters. The summed E-state index contributed by atoms with van der Waals surface area (Å²) in [6.07, 6.45) is 0.962. The number of amides is 1. The second-order valence-electron chi connectivity index (χ2n) is 6.55. The summed E-state index contributed by atoms with van der Waals surface area (Å²) in [5.41, 5.74) is 3.51. The molecule has 0 aliphatic rings. The third-order valence-electron chi connectivity index (χ3n) is 4.83. The van der Waals surface area contributed by atoms with E-state index in [0.29, 0.717) is 10.8 Å². The smallest absolute Gasteiger partial charge is 0.244 e. The fraction of sp³-hybridized carbons (Fsp3) is 0.130. The molecule has 0 saturated carbocycles. The number of hydrogen-bond donors (Lipinski definition) is 1. The topological polar surface area (TPSA) is 51.1 Å². The molecule has 4 heteroatoms. The molecular weight excluding hydrogens is 336 g/mol. The number of anilines is 1. The van der Waals surface area contributed by atoms with E-state index in [2.05, 4.69) is 12.2 Å². The lowest BCUT2D eigenvalue weighted by molar-refractivity contribution is -0.116. The molecule has 1 heterocycles. The van der Waals surface area contributed by atoms with Crippen molar-refractivity contribution >= 4 is 33.4 Å². The maximum atomic E-state index is 12.8. The van der Waals surface area contributed by atoms with E-state index in [-0.39, 0.29) is 17.9 Å². The van der Waals surface area contributed by atoms with Crippen molar-refractivity contribution in [2.75, 3.05) is 5.32 Å². The van der Waals surface area contributed by atoms with Crippen molar-refractivity contribution < 1.29 is 4.79 Å². The third-order valence-corrected chi connectivity index (χ3v) is 4.83. The van der Waals surface area contributed by atoms with Gasteiger partial charge in [0.25, 0.3) is 0 Å². The predicted octanol–water partition coefficient (Wildman–Crippen LogP) is 4.36. The fourth-order valence-electron chi connectivity index (χ4n) is 3.42. The Hall–Kier alpha value is -3.40. The summed E-state index contributed by atoms with van der Waals surface area (Å²) in [5, 5.41) is 4.19. The molecule has 134 valence electrons. The molecule has 0 saturated heterocycles. The Bertz CT molecular complexity index is 1130. The number of hydrogen-bond acceptors (Lipinski definition) is 2. The van der Waals surface area contributed by atoms with Crippen molar-refractivity contribution in [2.45, 2.75) is 19.9 Å². The number of aromatic nitrogens is 1. The van der Waals surface area contributed by atoms with Gasteiger partial charge in [0, 0.05) is 16.5 Å². The highest BCUT2D eigenvalue weighted by atomic mass is 16.2. The molecule has 0 bridgehead atoms. The van der Waals surface area contributed by atoms with Gasteiger partial charge >= 0.3 is 0 Å². The standard InChI is InChI=1S/C23H20N2O2/c1-2-16-11-13-17(14-12-16)24-22(26)15-25-20-9-5-3-7-18(20)23(27)19-8-4-6-10-21(19)25/h3-14H,2,15H2,1H3,(H,24,26). The molecule has 27 heavy (non-hydrogen) atoms. The number of carbonyl (C=O) groups is 1. The van der Waals surface area contributed by atoms with E-state index in [1.165, 1.54) is 5.56 Å². The average Bonchev–Trinajstić information content (AvgIpc) is 2.72. The molecule has 4 nitrogen and oxygen atoms in total. The van der Waals surface area contributed by atoms with E-state index in [0.717, 1.165) is 23.1 Å². The minimum atomic E-state index is -0.127. The highest BCUT2D eigenvalue weighted by Crippen LogP contribution is 2.19. The average molecular weight is 356 g/mol. The Labute approximate surface area is 157 Å². The van der Waals surface area contributed by atoms with Crippen LogP contribution in [0.25, 0.3) is 21.8 Å². The number of benzene rings is 3. The van der Waals surface area contributed by atoms with Crippen LogP contribution in [-0.2, 0) is 17.8 Å². The van der Waals surface area contributed by atoms with Crippen molar-refractivity contribution in [1.82, 2.24) is 4.57 Å². The largest absolute Gasteiger partial charge is 0.331 e. The van der Waals surface area contributed by atoms with Crippen LogP contribution in [0.15, 0.2) is 77.6 Å². The van der Waals surface area contributed by atoms with Crippen LogP contribution in [0, 0.1) is 0 Å². The second kappa shape index (κ2) is 7.08. The fourth-order valence-corrected chi connectivity index (χ4v) is 3.42. The third kappa shape index (κ3) is 3.22. The minimum Gasteiger partial charge on any atom is -0.331 e. The van der Waals surface area contributed by atoms with Gasteiger partial charge in [0.2, 0.25) is 5.91 Å². The number of pyridine rings is 1. The number of aryl methyl sites for hydroxylation is 1. The van der Waals surface area contributed by atoms with Gasteiger partial charge < -0.3 is 9.88 Å². The van der Waals surface area contributed by atoms with E-state index in [9.17, 15) is 9.59 Å². The predicted molar refractivity (Wildman–Crippen MR) is 110 cm³/mol. The summed E-state index contributed by atoms with van der Waals surface area (Å²) < 4.78 is 1.90. The van der Waals surface area contributed by atoms with E-state index in [1.54, 1.807) is 0 Å². The highest BCUT2D eigenvalue weighted by Gasteiger charge is 2.12. The van der Waals surface area contributed by atoms with E-state index >= 15 is 0 Å². The molecule has 0 unspecified atom stereocenters. The lowest BCUT2D eigenvalue weighted by atomic mass is 10.1. The number of fused-ring (bicyclic) bond motifs is 2. The van der Waals surface area contributed by atoms with E-state index in [4.69, 9.17) is 0 Å². The van der Waals surface area contributed by atoms with Crippen molar-refractivity contribution in [1.29, 1.82) is 0 Å². The summed E-state index contributed by atoms with van der Waals surface area (Å²) >= 11 is 0. The van der Waals surface area contributed by atoms with Crippen molar-refractivity contribution in [3.8, 4) is 0 Å². The van der Waals surface area contributed by atoms with E-state index < -0.39 is 0 Å². The Kier molecular flexibility index (Phi) is 4.47. The van der Waals surface area contributed by atoms with Gasteiger partial charge in [0.1, 0.15) is 6.54 Å². The Morgan fingerprint density at radius 1 is 0.852 bits per heavy atom. The molecule has 1 N–H and O–H groups in total. The Morgan fingerprint density at radius 2 is 1.41 bits per heavy atom. The zero-order valence-electron chi connectivity index (χ0n) is 15.1. The first-order chi connectivity index (χ1) is 13.2. The lowest BCUT2D eigenvalue weighted by Gasteiger charge is -2.15. The van der Waals surface area contributed by atoms with Crippen LogP contribution in [0.2, 0.25) is 0 Å². The molecule has 1 amide bonds. The van der Waals surface area contributed by atoms with Crippen LogP contribution in [0.3, 0.4) is 0 Å². The molecule has 0 fully saturated rings. The van der Waals surface area contributed by atoms with Crippen molar-refractivity contribution in [3.63, 3.8) is 0 Å². The minimum absolute atomic E-state index is 0.00647. The number of para-hydroxylation sites is 2. The molecule has 4 aromatic rings. The second-order valence-corrected chi connectivity index (χ2v) is 6.55. The monoisotopic (exact) mass is 356 g/mol. The van der Waals surface area contributed by atoms with Crippen LogP contribution >= 0.6 is 0 Å². The molecule has 0 aliphatic carbocycles. The van der Waals surface area contributed by atoms with Gasteiger partial charge in [-0.1, -0.05) is 43.3 Å². The SMILES string of the molecule is CCc1ccc(NC(=O)Cn2c3ccccc3c(=O)c3ccccc32)cc1. The zero-order valence-corrected chi connectivity index (χ0v) is 15.1. The van der Waals surface area contributed by atoms with Crippen LogP contribution in [0.4, 0.5) is 5.69 Å². The molecule has 1 aromatic heterocycles.